The van der Waals surface area contributed by atoms with Gasteiger partial charge in [-0.1, -0.05) is 11.6 Å². The van der Waals surface area contributed by atoms with Gasteiger partial charge >= 0.3 is 6.03 Å². The molecule has 2 aromatic rings. The van der Waals surface area contributed by atoms with Crippen LogP contribution in [0.15, 0.2) is 24.4 Å². The zero-order valence-corrected chi connectivity index (χ0v) is 12.0. The van der Waals surface area contributed by atoms with Gasteiger partial charge in [-0.15, -0.1) is 0 Å². The number of aliphatic hydroxyl groups is 1. The molecule has 0 saturated heterocycles. The molecular weight excluding hydrogens is 299 g/mol. The summed E-state index contributed by atoms with van der Waals surface area (Å²) in [7, 11) is 0. The first-order valence-corrected chi connectivity index (χ1v) is 6.55. The summed E-state index contributed by atoms with van der Waals surface area (Å²) >= 11 is 5.75. The summed E-state index contributed by atoms with van der Waals surface area (Å²) in [5.41, 5.74) is 1.15. The second-order valence-electron chi connectivity index (χ2n) is 4.29. The van der Waals surface area contributed by atoms with Crippen molar-refractivity contribution in [3.05, 3.63) is 40.9 Å². The van der Waals surface area contributed by atoms with E-state index in [-0.39, 0.29) is 12.3 Å². The predicted octanol–water partition coefficient (Wildman–Crippen LogP) is 2.62. The first kappa shape index (κ1) is 15.3. The molecule has 0 bridgehead atoms. The molecular formula is C13H14ClFN4O2. The van der Waals surface area contributed by atoms with Crippen LogP contribution in [0.5, 0.6) is 0 Å². The summed E-state index contributed by atoms with van der Waals surface area (Å²) in [4.78, 5) is 11.8. The number of hydrogen-bond acceptors (Lipinski definition) is 3. The van der Waals surface area contributed by atoms with E-state index in [0.717, 1.165) is 0 Å². The standard InChI is InChI=1S/C13H14ClFN4O2/c1-8-12(7-16-19(8)4-5-20)18-13(21)17-11-6-9(14)2-3-10(11)15/h2-3,6-7,20H,4-5H2,1H3,(H2,17,18,21). The van der Waals surface area contributed by atoms with Gasteiger partial charge in [0.2, 0.25) is 0 Å². The van der Waals surface area contributed by atoms with Crippen LogP contribution in [0.1, 0.15) is 5.69 Å². The van der Waals surface area contributed by atoms with Crippen LogP contribution in [0.3, 0.4) is 0 Å². The number of rotatable bonds is 4. The molecule has 1 aromatic heterocycles. The maximum Gasteiger partial charge on any atom is 0.323 e. The number of nitrogens with zero attached hydrogens (tertiary/aromatic N) is 2. The molecule has 1 aromatic carbocycles. The van der Waals surface area contributed by atoms with E-state index in [9.17, 15) is 9.18 Å². The number of amides is 2. The van der Waals surface area contributed by atoms with Crippen LogP contribution >= 0.6 is 11.6 Å². The zero-order chi connectivity index (χ0) is 15.4. The maximum absolute atomic E-state index is 13.5. The van der Waals surface area contributed by atoms with Crippen LogP contribution in [0.4, 0.5) is 20.6 Å². The fourth-order valence-corrected chi connectivity index (χ4v) is 1.93. The molecule has 1 heterocycles. The molecule has 8 heteroatoms. The average molecular weight is 313 g/mol. The Balaban J connectivity index is 2.06. The van der Waals surface area contributed by atoms with E-state index < -0.39 is 11.8 Å². The van der Waals surface area contributed by atoms with Crippen molar-refractivity contribution in [2.75, 3.05) is 17.2 Å². The molecule has 112 valence electrons. The average Bonchev–Trinajstić information content (AvgIpc) is 2.76. The van der Waals surface area contributed by atoms with Crippen LogP contribution in [0.2, 0.25) is 5.02 Å². The van der Waals surface area contributed by atoms with E-state index in [4.69, 9.17) is 16.7 Å². The van der Waals surface area contributed by atoms with Crippen molar-refractivity contribution in [3.63, 3.8) is 0 Å². The summed E-state index contributed by atoms with van der Waals surface area (Å²) in [6, 6.07) is 3.27. The summed E-state index contributed by atoms with van der Waals surface area (Å²) in [6.07, 6.45) is 1.46. The highest BCUT2D eigenvalue weighted by molar-refractivity contribution is 6.30. The highest BCUT2D eigenvalue weighted by Gasteiger charge is 2.11. The number of carbonyl (C=O) groups is 1. The Kier molecular flexibility index (Phi) is 4.77. The fraction of sp³-hybridized carbons (Fsp3) is 0.231. The molecule has 0 aliphatic rings. The Morgan fingerprint density at radius 2 is 2.14 bits per heavy atom. The lowest BCUT2D eigenvalue weighted by molar-refractivity contribution is 0.262. The minimum Gasteiger partial charge on any atom is -0.394 e. The molecule has 21 heavy (non-hydrogen) atoms. The van der Waals surface area contributed by atoms with Gasteiger partial charge in [0.25, 0.3) is 0 Å². The van der Waals surface area contributed by atoms with Crippen LogP contribution in [-0.4, -0.2) is 27.5 Å². The maximum atomic E-state index is 13.5. The number of urea groups is 1. The smallest absolute Gasteiger partial charge is 0.323 e. The van der Waals surface area contributed by atoms with E-state index in [2.05, 4.69) is 15.7 Å². The van der Waals surface area contributed by atoms with Crippen molar-refractivity contribution >= 4 is 29.0 Å². The minimum absolute atomic E-state index is 0.0135. The lowest BCUT2D eigenvalue weighted by atomic mass is 10.3. The van der Waals surface area contributed by atoms with Gasteiger partial charge in [0.05, 0.1) is 36.4 Å². The van der Waals surface area contributed by atoms with Gasteiger partial charge in [-0.25, -0.2) is 9.18 Å². The lowest BCUT2D eigenvalue weighted by Gasteiger charge is -2.08. The van der Waals surface area contributed by atoms with E-state index in [1.165, 1.54) is 24.4 Å². The molecule has 0 atom stereocenters. The van der Waals surface area contributed by atoms with Crippen LogP contribution < -0.4 is 10.6 Å². The third kappa shape index (κ3) is 3.71. The number of hydrogen-bond donors (Lipinski definition) is 3. The molecule has 0 radical (unpaired) electrons. The van der Waals surface area contributed by atoms with Crippen molar-refractivity contribution in [1.29, 1.82) is 0 Å². The normalized spacial score (nSPS) is 10.5. The van der Waals surface area contributed by atoms with Crippen LogP contribution in [-0.2, 0) is 6.54 Å². The molecule has 3 N–H and O–H groups in total. The third-order valence-electron chi connectivity index (χ3n) is 2.84. The van der Waals surface area contributed by atoms with Crippen molar-refractivity contribution in [3.8, 4) is 0 Å². The molecule has 6 nitrogen and oxygen atoms in total. The van der Waals surface area contributed by atoms with Crippen molar-refractivity contribution in [2.24, 2.45) is 0 Å². The van der Waals surface area contributed by atoms with Gasteiger partial charge < -0.3 is 15.7 Å². The third-order valence-corrected chi connectivity index (χ3v) is 3.07. The number of aliphatic hydroxyl groups excluding tert-OH is 1. The number of carbonyl (C=O) groups excluding carboxylic acids is 1. The number of anilines is 2. The fourth-order valence-electron chi connectivity index (χ4n) is 1.76. The monoisotopic (exact) mass is 312 g/mol. The number of benzene rings is 1. The van der Waals surface area contributed by atoms with Gasteiger partial charge in [-0.3, -0.25) is 4.68 Å². The number of aromatic nitrogens is 2. The van der Waals surface area contributed by atoms with Crippen LogP contribution in [0, 0.1) is 12.7 Å². The molecule has 0 saturated carbocycles. The molecule has 2 rings (SSSR count). The number of halogens is 2. The molecule has 0 aliphatic heterocycles. The highest BCUT2D eigenvalue weighted by atomic mass is 35.5. The first-order valence-electron chi connectivity index (χ1n) is 6.17. The molecule has 0 fully saturated rings. The Morgan fingerprint density at radius 1 is 1.43 bits per heavy atom. The Bertz CT molecular complexity index is 660. The molecule has 0 unspecified atom stereocenters. The Labute approximate surface area is 125 Å². The van der Waals surface area contributed by atoms with E-state index in [1.54, 1.807) is 11.6 Å². The van der Waals surface area contributed by atoms with Gasteiger partial charge in [-0.05, 0) is 25.1 Å². The zero-order valence-electron chi connectivity index (χ0n) is 11.2. The largest absolute Gasteiger partial charge is 0.394 e. The van der Waals surface area contributed by atoms with Gasteiger partial charge in [0.15, 0.2) is 0 Å². The van der Waals surface area contributed by atoms with E-state index >= 15 is 0 Å². The van der Waals surface area contributed by atoms with Crippen molar-refractivity contribution < 1.29 is 14.3 Å². The Morgan fingerprint density at radius 3 is 2.86 bits per heavy atom. The van der Waals surface area contributed by atoms with Crippen molar-refractivity contribution in [2.45, 2.75) is 13.5 Å². The summed E-state index contributed by atoms with van der Waals surface area (Å²) in [5, 5.41) is 18.1. The van der Waals surface area contributed by atoms with Gasteiger partial charge in [0, 0.05) is 5.02 Å². The predicted molar refractivity (Wildman–Crippen MR) is 78.1 cm³/mol. The molecule has 2 amide bonds. The van der Waals surface area contributed by atoms with E-state index in [0.29, 0.717) is 22.9 Å². The van der Waals surface area contributed by atoms with Crippen LogP contribution in [0.25, 0.3) is 0 Å². The topological polar surface area (TPSA) is 79.2 Å². The second-order valence-corrected chi connectivity index (χ2v) is 4.73. The molecule has 0 spiro atoms. The minimum atomic E-state index is -0.609. The van der Waals surface area contributed by atoms with Crippen molar-refractivity contribution in [1.82, 2.24) is 9.78 Å². The summed E-state index contributed by atoms with van der Waals surface area (Å²) in [6.45, 7) is 2.03. The number of nitrogens with one attached hydrogen (secondary N) is 2. The highest BCUT2D eigenvalue weighted by Crippen LogP contribution is 2.20. The summed E-state index contributed by atoms with van der Waals surface area (Å²) < 4.78 is 15.1. The Hall–Kier alpha value is -2.12. The quantitative estimate of drug-likeness (QED) is 0.812. The summed E-state index contributed by atoms with van der Waals surface area (Å²) in [5.74, 6) is -0.581. The van der Waals surface area contributed by atoms with Gasteiger partial charge in [0.1, 0.15) is 5.82 Å². The SMILES string of the molecule is Cc1c(NC(=O)Nc2cc(Cl)ccc2F)cnn1CCO. The second kappa shape index (κ2) is 6.55. The molecule has 0 aliphatic carbocycles. The lowest BCUT2D eigenvalue weighted by Crippen LogP contribution is -2.20. The van der Waals surface area contributed by atoms with Gasteiger partial charge in [-0.2, -0.15) is 5.10 Å². The first-order chi connectivity index (χ1) is 10.0. The van der Waals surface area contributed by atoms with E-state index in [1.807, 2.05) is 0 Å².